The van der Waals surface area contributed by atoms with Gasteiger partial charge in [-0.05, 0) is 30.3 Å². The Labute approximate surface area is 131 Å². The normalized spacial score (nSPS) is 12.3. The monoisotopic (exact) mass is 324 g/mol. The summed E-state index contributed by atoms with van der Waals surface area (Å²) in [6, 6.07) is 9.84. The van der Waals surface area contributed by atoms with Crippen molar-refractivity contribution in [3.63, 3.8) is 0 Å². The molecule has 108 valence electrons. The second-order valence-electron chi connectivity index (χ2n) is 4.35. The number of carbonyl (C=O) groups excluding carboxylic acids is 1. The minimum absolute atomic E-state index is 0.139. The fourth-order valence-corrected chi connectivity index (χ4v) is 2.30. The summed E-state index contributed by atoms with van der Waals surface area (Å²) >= 11 is 11.8. The maximum Gasteiger partial charge on any atom is 0.231 e. The Morgan fingerprint density at radius 1 is 1.10 bits per heavy atom. The highest BCUT2D eigenvalue weighted by atomic mass is 35.5. The van der Waals surface area contributed by atoms with Gasteiger partial charge in [0.2, 0.25) is 12.6 Å². The zero-order chi connectivity index (χ0) is 14.8. The summed E-state index contributed by atoms with van der Waals surface area (Å²) in [7, 11) is 0. The lowest BCUT2D eigenvalue weighted by atomic mass is 10.1. The number of halogens is 2. The van der Waals surface area contributed by atoms with Crippen LogP contribution in [-0.4, -0.2) is 19.2 Å². The molecule has 0 saturated carbocycles. The number of hydrogen-bond donors (Lipinski definition) is 0. The van der Waals surface area contributed by atoms with E-state index in [2.05, 4.69) is 0 Å². The van der Waals surface area contributed by atoms with Crippen molar-refractivity contribution >= 4 is 29.0 Å². The third-order valence-electron chi connectivity index (χ3n) is 2.94. The van der Waals surface area contributed by atoms with Crippen molar-refractivity contribution in [2.24, 2.45) is 0 Å². The highest BCUT2D eigenvalue weighted by molar-refractivity contribution is 6.35. The molecule has 0 unspecified atom stereocenters. The minimum Gasteiger partial charge on any atom is -0.485 e. The molecule has 1 heterocycles. The van der Waals surface area contributed by atoms with Gasteiger partial charge in [0.05, 0.1) is 5.02 Å². The van der Waals surface area contributed by atoms with Gasteiger partial charge in [0.1, 0.15) is 5.75 Å². The zero-order valence-corrected chi connectivity index (χ0v) is 12.3. The van der Waals surface area contributed by atoms with Crippen molar-refractivity contribution in [3.8, 4) is 17.2 Å². The third kappa shape index (κ3) is 3.06. The number of ether oxygens (including phenoxy) is 3. The number of ketones is 1. The molecule has 6 heteroatoms. The van der Waals surface area contributed by atoms with Gasteiger partial charge in [-0.3, -0.25) is 4.79 Å². The van der Waals surface area contributed by atoms with E-state index in [1.807, 2.05) is 0 Å². The topological polar surface area (TPSA) is 44.8 Å². The van der Waals surface area contributed by atoms with Gasteiger partial charge in [0, 0.05) is 16.7 Å². The number of Topliss-reactive ketones (excluding diaryl/α,β-unsaturated/α-hetero) is 1. The molecule has 0 aliphatic carbocycles. The van der Waals surface area contributed by atoms with Crippen LogP contribution in [0.5, 0.6) is 17.2 Å². The molecule has 4 nitrogen and oxygen atoms in total. The van der Waals surface area contributed by atoms with Gasteiger partial charge < -0.3 is 14.2 Å². The summed E-state index contributed by atoms with van der Waals surface area (Å²) in [4.78, 5) is 12.1. The Hall–Kier alpha value is -1.91. The Morgan fingerprint density at radius 2 is 1.90 bits per heavy atom. The summed E-state index contributed by atoms with van der Waals surface area (Å²) in [6.45, 7) is 0.0511. The number of carbonyl (C=O) groups is 1. The summed E-state index contributed by atoms with van der Waals surface area (Å²) in [6.07, 6.45) is 0. The zero-order valence-electron chi connectivity index (χ0n) is 10.8. The second kappa shape index (κ2) is 5.84. The maximum atomic E-state index is 12.1. The largest absolute Gasteiger partial charge is 0.485 e. The second-order valence-corrected chi connectivity index (χ2v) is 5.19. The average molecular weight is 325 g/mol. The van der Waals surface area contributed by atoms with E-state index >= 15 is 0 Å². The van der Waals surface area contributed by atoms with E-state index in [-0.39, 0.29) is 19.2 Å². The smallest absolute Gasteiger partial charge is 0.231 e. The SMILES string of the molecule is O=C(COc1ccc2c(c1)OCO2)c1cc(Cl)ccc1Cl. The van der Waals surface area contributed by atoms with Crippen LogP contribution < -0.4 is 14.2 Å². The lowest BCUT2D eigenvalue weighted by Gasteiger charge is -2.07. The van der Waals surface area contributed by atoms with Gasteiger partial charge in [0.25, 0.3) is 0 Å². The minimum atomic E-state index is -0.250. The molecular weight excluding hydrogens is 315 g/mol. The summed E-state index contributed by atoms with van der Waals surface area (Å²) in [5, 5.41) is 0.796. The fourth-order valence-electron chi connectivity index (χ4n) is 1.90. The van der Waals surface area contributed by atoms with Gasteiger partial charge >= 0.3 is 0 Å². The standard InChI is InChI=1S/C15H10Cl2O4/c16-9-1-3-12(17)11(5-9)13(18)7-19-10-2-4-14-15(6-10)21-8-20-14/h1-6H,7-8H2. The predicted molar refractivity (Wildman–Crippen MR) is 78.9 cm³/mol. The molecule has 21 heavy (non-hydrogen) atoms. The van der Waals surface area contributed by atoms with Crippen molar-refractivity contribution in [1.82, 2.24) is 0 Å². The Balaban J connectivity index is 1.70. The highest BCUT2D eigenvalue weighted by Crippen LogP contribution is 2.35. The van der Waals surface area contributed by atoms with Crippen molar-refractivity contribution in [2.75, 3.05) is 13.4 Å². The molecule has 2 aromatic carbocycles. The van der Waals surface area contributed by atoms with E-state index in [0.29, 0.717) is 32.9 Å². The van der Waals surface area contributed by atoms with Gasteiger partial charge in [-0.15, -0.1) is 0 Å². The molecule has 0 fully saturated rings. The van der Waals surface area contributed by atoms with Crippen molar-refractivity contribution < 1.29 is 19.0 Å². The van der Waals surface area contributed by atoms with E-state index in [4.69, 9.17) is 37.4 Å². The number of fused-ring (bicyclic) bond motifs is 1. The molecule has 0 atom stereocenters. The molecule has 0 N–H and O–H groups in total. The van der Waals surface area contributed by atoms with Crippen LogP contribution in [0.15, 0.2) is 36.4 Å². The predicted octanol–water partition coefficient (Wildman–Crippen LogP) is 3.98. The summed E-state index contributed by atoms with van der Waals surface area (Å²) in [5.41, 5.74) is 0.338. The highest BCUT2D eigenvalue weighted by Gasteiger charge is 2.15. The van der Waals surface area contributed by atoms with Crippen LogP contribution in [0.3, 0.4) is 0 Å². The van der Waals surface area contributed by atoms with Crippen molar-refractivity contribution in [3.05, 3.63) is 52.0 Å². The van der Waals surface area contributed by atoms with Gasteiger partial charge in [-0.25, -0.2) is 0 Å². The summed E-state index contributed by atoms with van der Waals surface area (Å²) in [5.74, 6) is 1.53. The van der Waals surface area contributed by atoms with E-state index in [1.54, 1.807) is 30.3 Å². The number of rotatable bonds is 4. The average Bonchev–Trinajstić information content (AvgIpc) is 2.94. The van der Waals surface area contributed by atoms with Crippen LogP contribution in [0.2, 0.25) is 10.0 Å². The third-order valence-corrected chi connectivity index (χ3v) is 3.51. The molecule has 0 bridgehead atoms. The Morgan fingerprint density at radius 3 is 2.76 bits per heavy atom. The molecule has 3 rings (SSSR count). The van der Waals surface area contributed by atoms with Crippen LogP contribution in [0.4, 0.5) is 0 Å². The quantitative estimate of drug-likeness (QED) is 0.798. The first-order valence-electron chi connectivity index (χ1n) is 6.14. The van der Waals surface area contributed by atoms with E-state index < -0.39 is 0 Å². The van der Waals surface area contributed by atoms with Crippen LogP contribution in [0.1, 0.15) is 10.4 Å². The lowest BCUT2D eigenvalue weighted by Crippen LogP contribution is -2.12. The lowest BCUT2D eigenvalue weighted by molar-refractivity contribution is 0.0921. The number of benzene rings is 2. The Kier molecular flexibility index (Phi) is 3.90. The molecule has 0 radical (unpaired) electrons. The van der Waals surface area contributed by atoms with Crippen molar-refractivity contribution in [1.29, 1.82) is 0 Å². The van der Waals surface area contributed by atoms with Gasteiger partial charge in [-0.2, -0.15) is 0 Å². The van der Waals surface area contributed by atoms with E-state index in [9.17, 15) is 4.79 Å². The van der Waals surface area contributed by atoms with Crippen LogP contribution >= 0.6 is 23.2 Å². The molecule has 0 amide bonds. The molecular formula is C15H10Cl2O4. The molecule has 2 aromatic rings. The summed E-state index contributed by atoms with van der Waals surface area (Å²) < 4.78 is 15.9. The molecule has 0 aromatic heterocycles. The Bertz CT molecular complexity index is 700. The van der Waals surface area contributed by atoms with Crippen LogP contribution in [0, 0.1) is 0 Å². The van der Waals surface area contributed by atoms with E-state index in [0.717, 1.165) is 0 Å². The van der Waals surface area contributed by atoms with Gasteiger partial charge in [-0.1, -0.05) is 23.2 Å². The van der Waals surface area contributed by atoms with Gasteiger partial charge in [0.15, 0.2) is 18.1 Å². The van der Waals surface area contributed by atoms with E-state index in [1.165, 1.54) is 6.07 Å². The first-order valence-corrected chi connectivity index (χ1v) is 6.90. The molecule has 1 aliphatic rings. The molecule has 0 saturated heterocycles. The van der Waals surface area contributed by atoms with Crippen LogP contribution in [-0.2, 0) is 0 Å². The maximum absolute atomic E-state index is 12.1. The first-order chi connectivity index (χ1) is 10.1. The van der Waals surface area contributed by atoms with Crippen LogP contribution in [0.25, 0.3) is 0 Å². The van der Waals surface area contributed by atoms with Crippen molar-refractivity contribution in [2.45, 2.75) is 0 Å². The molecule has 0 spiro atoms. The fraction of sp³-hybridized carbons (Fsp3) is 0.133. The number of hydrogen-bond acceptors (Lipinski definition) is 4. The first kappa shape index (κ1) is 14.0. The molecule has 1 aliphatic heterocycles.